The third-order valence-corrected chi connectivity index (χ3v) is 5.06. The number of nitrogens with zero attached hydrogens (tertiary/aromatic N) is 4. The van der Waals surface area contributed by atoms with E-state index in [1.54, 1.807) is 0 Å². The molecular weight excluding hydrogens is 328 g/mol. The number of hydrogen-bond donors (Lipinski definition) is 0. The fourth-order valence-corrected chi connectivity index (χ4v) is 3.58. The number of amides is 2. The molecule has 6 heteroatoms. The molecule has 26 heavy (non-hydrogen) atoms. The zero-order valence-electron chi connectivity index (χ0n) is 16.2. The van der Waals surface area contributed by atoms with Gasteiger partial charge < -0.3 is 14.4 Å². The number of carbonyl (C=O) groups excluding carboxylic acids is 2. The van der Waals surface area contributed by atoms with Gasteiger partial charge in [-0.25, -0.2) is 4.98 Å². The first-order chi connectivity index (χ1) is 12.4. The number of aryl methyl sites for hydroxylation is 1. The summed E-state index contributed by atoms with van der Waals surface area (Å²) in [6, 6.07) is 5.74. The molecular formula is C20H28N4O2. The van der Waals surface area contributed by atoms with E-state index >= 15 is 0 Å². The molecule has 0 saturated carbocycles. The highest BCUT2D eigenvalue weighted by Crippen LogP contribution is 2.22. The summed E-state index contributed by atoms with van der Waals surface area (Å²) in [7, 11) is 2.01. The molecule has 140 valence electrons. The van der Waals surface area contributed by atoms with Crippen molar-refractivity contribution in [3.05, 3.63) is 29.6 Å². The second-order valence-corrected chi connectivity index (χ2v) is 7.31. The minimum absolute atomic E-state index is 0.0197. The van der Waals surface area contributed by atoms with E-state index in [0.29, 0.717) is 44.1 Å². The molecule has 1 aliphatic rings. The number of aromatic nitrogens is 2. The van der Waals surface area contributed by atoms with Crippen molar-refractivity contribution in [1.29, 1.82) is 0 Å². The van der Waals surface area contributed by atoms with E-state index in [4.69, 9.17) is 4.98 Å². The van der Waals surface area contributed by atoms with E-state index in [9.17, 15) is 9.59 Å². The molecule has 6 nitrogen and oxygen atoms in total. The van der Waals surface area contributed by atoms with Gasteiger partial charge in [-0.05, 0) is 24.6 Å². The molecule has 2 heterocycles. The van der Waals surface area contributed by atoms with Gasteiger partial charge in [0.05, 0.1) is 11.0 Å². The lowest BCUT2D eigenvalue weighted by molar-refractivity contribution is -0.132. The normalized spacial score (nSPS) is 15.1. The van der Waals surface area contributed by atoms with Gasteiger partial charge in [0.2, 0.25) is 5.91 Å². The van der Waals surface area contributed by atoms with Gasteiger partial charge in [0.15, 0.2) is 0 Å². The minimum atomic E-state index is 0.0197. The van der Waals surface area contributed by atoms with Crippen molar-refractivity contribution in [2.24, 2.45) is 7.05 Å². The maximum absolute atomic E-state index is 12.9. The van der Waals surface area contributed by atoms with E-state index < -0.39 is 0 Å². The lowest BCUT2D eigenvalue weighted by Gasteiger charge is -2.34. The zero-order chi connectivity index (χ0) is 18.8. The molecule has 0 bridgehead atoms. The molecule has 0 unspecified atom stereocenters. The summed E-state index contributed by atoms with van der Waals surface area (Å²) < 4.78 is 2.09. The number of benzene rings is 1. The van der Waals surface area contributed by atoms with Crippen molar-refractivity contribution in [2.75, 3.05) is 26.2 Å². The van der Waals surface area contributed by atoms with Crippen molar-refractivity contribution in [3.8, 4) is 0 Å². The van der Waals surface area contributed by atoms with Crippen LogP contribution in [0.15, 0.2) is 18.2 Å². The maximum Gasteiger partial charge on any atom is 0.254 e. The number of rotatable bonds is 4. The van der Waals surface area contributed by atoms with Gasteiger partial charge in [-0.3, -0.25) is 9.59 Å². The first kappa shape index (κ1) is 18.4. The van der Waals surface area contributed by atoms with Crippen LogP contribution < -0.4 is 0 Å². The number of hydrogen-bond acceptors (Lipinski definition) is 3. The Balaban J connectivity index is 1.73. The van der Waals surface area contributed by atoms with Crippen molar-refractivity contribution < 1.29 is 9.59 Å². The van der Waals surface area contributed by atoms with Crippen LogP contribution in [0, 0.1) is 0 Å². The van der Waals surface area contributed by atoms with Crippen LogP contribution in [0.5, 0.6) is 0 Å². The second-order valence-electron chi connectivity index (χ2n) is 7.31. The second kappa shape index (κ2) is 7.48. The van der Waals surface area contributed by atoms with E-state index in [-0.39, 0.29) is 11.8 Å². The van der Waals surface area contributed by atoms with Crippen LogP contribution in [0.4, 0.5) is 0 Å². The molecule has 0 N–H and O–H groups in total. The Morgan fingerprint density at radius 2 is 1.77 bits per heavy atom. The summed E-state index contributed by atoms with van der Waals surface area (Å²) in [6.07, 6.45) is 1.45. The number of imidazole rings is 1. The van der Waals surface area contributed by atoms with E-state index in [2.05, 4.69) is 18.4 Å². The van der Waals surface area contributed by atoms with Crippen molar-refractivity contribution in [1.82, 2.24) is 19.4 Å². The monoisotopic (exact) mass is 356 g/mol. The van der Waals surface area contributed by atoms with E-state index in [0.717, 1.165) is 23.3 Å². The highest BCUT2D eigenvalue weighted by Gasteiger charge is 2.25. The molecule has 0 aliphatic carbocycles. The highest BCUT2D eigenvalue weighted by atomic mass is 16.2. The Labute approximate surface area is 154 Å². The average molecular weight is 356 g/mol. The van der Waals surface area contributed by atoms with Gasteiger partial charge in [-0.1, -0.05) is 20.8 Å². The zero-order valence-corrected chi connectivity index (χ0v) is 16.2. The van der Waals surface area contributed by atoms with Crippen LogP contribution in [0.3, 0.4) is 0 Å². The topological polar surface area (TPSA) is 58.4 Å². The molecule has 3 rings (SSSR count). The summed E-state index contributed by atoms with van der Waals surface area (Å²) in [6.45, 7) is 8.66. The van der Waals surface area contributed by atoms with Crippen LogP contribution >= 0.6 is 0 Å². The van der Waals surface area contributed by atoms with Crippen molar-refractivity contribution in [2.45, 2.75) is 39.5 Å². The SMILES string of the molecule is CCCC(=O)N1CCN(C(=O)c2ccc3c(c2)nc(C(C)C)n3C)CC1. The fraction of sp³-hybridized carbons (Fsp3) is 0.550. The summed E-state index contributed by atoms with van der Waals surface area (Å²) in [4.78, 5) is 33.2. The molecule has 1 saturated heterocycles. The third-order valence-electron chi connectivity index (χ3n) is 5.06. The van der Waals surface area contributed by atoms with Crippen LogP contribution in [-0.2, 0) is 11.8 Å². The lowest BCUT2D eigenvalue weighted by atomic mass is 10.1. The minimum Gasteiger partial charge on any atom is -0.339 e. The van der Waals surface area contributed by atoms with Crippen molar-refractivity contribution >= 4 is 22.8 Å². The molecule has 1 aromatic carbocycles. The molecule has 0 radical (unpaired) electrons. The molecule has 2 aromatic rings. The smallest absolute Gasteiger partial charge is 0.254 e. The Morgan fingerprint density at radius 1 is 1.12 bits per heavy atom. The number of piperazine rings is 1. The van der Waals surface area contributed by atoms with Gasteiger partial charge in [-0.15, -0.1) is 0 Å². The summed E-state index contributed by atoms with van der Waals surface area (Å²) >= 11 is 0. The Morgan fingerprint density at radius 3 is 2.38 bits per heavy atom. The van der Waals surface area contributed by atoms with Crippen LogP contribution in [0.25, 0.3) is 11.0 Å². The molecule has 1 aliphatic heterocycles. The van der Waals surface area contributed by atoms with Gasteiger partial charge in [0, 0.05) is 51.1 Å². The summed E-state index contributed by atoms with van der Waals surface area (Å²) in [5.41, 5.74) is 2.57. The summed E-state index contributed by atoms with van der Waals surface area (Å²) in [5.74, 6) is 1.56. The molecule has 1 aromatic heterocycles. The predicted molar refractivity (Wildman–Crippen MR) is 102 cm³/mol. The largest absolute Gasteiger partial charge is 0.339 e. The average Bonchev–Trinajstić information content (AvgIpc) is 2.98. The summed E-state index contributed by atoms with van der Waals surface area (Å²) in [5, 5.41) is 0. The van der Waals surface area contributed by atoms with E-state index in [1.165, 1.54) is 0 Å². The maximum atomic E-state index is 12.9. The van der Waals surface area contributed by atoms with Crippen molar-refractivity contribution in [3.63, 3.8) is 0 Å². The quantitative estimate of drug-likeness (QED) is 0.846. The van der Waals surface area contributed by atoms with Crippen LogP contribution in [0.1, 0.15) is 55.7 Å². The molecule has 2 amide bonds. The van der Waals surface area contributed by atoms with Crippen LogP contribution in [-0.4, -0.2) is 57.3 Å². The standard InChI is InChI=1S/C20H28N4O2/c1-5-6-18(25)23-9-11-24(12-10-23)20(26)15-7-8-17-16(13-15)21-19(14(2)3)22(17)4/h7-8,13-14H,5-6,9-12H2,1-4H3. The Hall–Kier alpha value is -2.37. The molecule has 0 spiro atoms. The Bertz CT molecular complexity index is 817. The first-order valence-electron chi connectivity index (χ1n) is 9.45. The molecule has 1 fully saturated rings. The first-order valence-corrected chi connectivity index (χ1v) is 9.45. The van der Waals surface area contributed by atoms with E-state index in [1.807, 2.05) is 42.0 Å². The highest BCUT2D eigenvalue weighted by molar-refractivity contribution is 5.97. The third kappa shape index (κ3) is 3.45. The van der Waals surface area contributed by atoms with Gasteiger partial charge in [0.25, 0.3) is 5.91 Å². The predicted octanol–water partition coefficient (Wildman–Crippen LogP) is 2.78. The van der Waals surface area contributed by atoms with Gasteiger partial charge in [-0.2, -0.15) is 0 Å². The number of carbonyl (C=O) groups is 2. The fourth-order valence-electron chi connectivity index (χ4n) is 3.58. The van der Waals surface area contributed by atoms with Gasteiger partial charge >= 0.3 is 0 Å². The lowest BCUT2D eigenvalue weighted by Crippen LogP contribution is -2.50. The molecule has 0 atom stereocenters. The van der Waals surface area contributed by atoms with Crippen LogP contribution in [0.2, 0.25) is 0 Å². The van der Waals surface area contributed by atoms with Gasteiger partial charge in [0.1, 0.15) is 5.82 Å². The number of fused-ring (bicyclic) bond motifs is 1. The Kier molecular flexibility index (Phi) is 5.30.